The van der Waals surface area contributed by atoms with Gasteiger partial charge in [-0.2, -0.15) is 0 Å². The number of fused-ring (bicyclic) bond motifs is 1. The molecular formula is C26H28FN7O2. The second kappa shape index (κ2) is 9.10. The van der Waals surface area contributed by atoms with Crippen molar-refractivity contribution >= 4 is 23.1 Å². The number of ether oxygens (including phenoxy) is 1. The van der Waals surface area contributed by atoms with E-state index in [-0.39, 0.29) is 11.9 Å². The predicted octanol–water partition coefficient (Wildman–Crippen LogP) is 4.07. The molecule has 3 aromatic heterocycles. The molecule has 186 valence electrons. The van der Waals surface area contributed by atoms with Crippen molar-refractivity contribution in [3.05, 3.63) is 60.5 Å². The van der Waals surface area contributed by atoms with E-state index < -0.39 is 5.60 Å². The van der Waals surface area contributed by atoms with Crippen LogP contribution in [0.25, 0.3) is 33.8 Å². The summed E-state index contributed by atoms with van der Waals surface area (Å²) in [4.78, 5) is 28.3. The third kappa shape index (κ3) is 4.66. The van der Waals surface area contributed by atoms with Crippen LogP contribution in [0.4, 0.5) is 15.0 Å². The van der Waals surface area contributed by atoms with Crippen LogP contribution in [0.5, 0.6) is 0 Å². The fraction of sp³-hybridized carbons (Fsp3) is 0.308. The number of imidazole rings is 1. The van der Waals surface area contributed by atoms with Crippen LogP contribution in [0.3, 0.4) is 0 Å². The van der Waals surface area contributed by atoms with Crippen LogP contribution in [0, 0.1) is 5.82 Å². The summed E-state index contributed by atoms with van der Waals surface area (Å²) in [5.74, 6) is 0.673. The van der Waals surface area contributed by atoms with Crippen molar-refractivity contribution in [1.82, 2.24) is 24.5 Å². The first-order valence-electron chi connectivity index (χ1n) is 11.8. The maximum absolute atomic E-state index is 13.5. The van der Waals surface area contributed by atoms with E-state index in [2.05, 4.69) is 9.99 Å². The minimum Gasteiger partial charge on any atom is -0.444 e. The lowest BCUT2D eigenvalue weighted by Gasteiger charge is -2.37. The van der Waals surface area contributed by atoms with Crippen molar-refractivity contribution in [2.24, 2.45) is 0 Å². The molecule has 0 unspecified atom stereocenters. The van der Waals surface area contributed by atoms with Gasteiger partial charge in [-0.25, -0.2) is 28.8 Å². The molecular weight excluding hydrogens is 461 g/mol. The molecule has 1 amide bonds. The summed E-state index contributed by atoms with van der Waals surface area (Å²) in [5, 5.41) is 2.10. The summed E-state index contributed by atoms with van der Waals surface area (Å²) in [6, 6.07) is 13.7. The van der Waals surface area contributed by atoms with E-state index in [4.69, 9.17) is 20.4 Å². The van der Waals surface area contributed by atoms with Gasteiger partial charge < -0.3 is 20.4 Å². The maximum atomic E-state index is 13.5. The summed E-state index contributed by atoms with van der Waals surface area (Å²) < 4.78 is 21.0. The van der Waals surface area contributed by atoms with Gasteiger partial charge in [-0.15, -0.1) is 0 Å². The van der Waals surface area contributed by atoms with Gasteiger partial charge in [0.25, 0.3) is 0 Å². The number of carbonyl (C=O) groups excluding carboxylic acids is 1. The third-order valence-corrected chi connectivity index (χ3v) is 5.89. The molecule has 0 radical (unpaired) electrons. The van der Waals surface area contributed by atoms with Gasteiger partial charge in [-0.05, 0) is 69.3 Å². The third-order valence-electron chi connectivity index (χ3n) is 5.89. The molecule has 5 rings (SSSR count). The number of nitrogens with two attached hydrogens (primary N) is 1. The number of aromatic nitrogens is 4. The van der Waals surface area contributed by atoms with E-state index in [1.54, 1.807) is 23.2 Å². The van der Waals surface area contributed by atoms with Crippen LogP contribution in [-0.4, -0.2) is 62.4 Å². The number of hydrogen-bond acceptors (Lipinski definition) is 7. The molecule has 4 heterocycles. The van der Waals surface area contributed by atoms with Crippen molar-refractivity contribution in [3.63, 3.8) is 0 Å². The molecule has 1 aliphatic heterocycles. The van der Waals surface area contributed by atoms with Crippen molar-refractivity contribution in [2.75, 3.05) is 36.9 Å². The van der Waals surface area contributed by atoms with Crippen LogP contribution < -0.4 is 10.7 Å². The summed E-state index contributed by atoms with van der Waals surface area (Å²) >= 11 is 0. The first kappa shape index (κ1) is 23.5. The molecule has 2 N–H and O–H groups in total. The fourth-order valence-electron chi connectivity index (χ4n) is 4.18. The first-order chi connectivity index (χ1) is 17.2. The van der Waals surface area contributed by atoms with Crippen LogP contribution in [0.2, 0.25) is 0 Å². The Balaban J connectivity index is 1.54. The van der Waals surface area contributed by atoms with Crippen LogP contribution >= 0.6 is 0 Å². The molecule has 9 nitrogen and oxygen atoms in total. The van der Waals surface area contributed by atoms with Gasteiger partial charge in [-0.3, -0.25) is 0 Å². The molecule has 0 atom stereocenters. The van der Waals surface area contributed by atoms with E-state index in [1.807, 2.05) is 49.7 Å². The van der Waals surface area contributed by atoms with E-state index in [9.17, 15) is 9.18 Å². The van der Waals surface area contributed by atoms with E-state index in [1.165, 1.54) is 12.1 Å². The Bertz CT molecular complexity index is 1400. The number of halogens is 1. The minimum atomic E-state index is -0.555. The fourth-order valence-corrected chi connectivity index (χ4v) is 4.18. The summed E-state index contributed by atoms with van der Waals surface area (Å²) in [7, 11) is 0. The van der Waals surface area contributed by atoms with Crippen molar-refractivity contribution in [3.8, 4) is 22.6 Å². The lowest BCUT2D eigenvalue weighted by atomic mass is 10.1. The maximum Gasteiger partial charge on any atom is 0.410 e. The number of piperazine rings is 1. The average Bonchev–Trinajstić information content (AvgIpc) is 3.22. The Morgan fingerprint density at radius 1 is 1.00 bits per heavy atom. The highest BCUT2D eigenvalue weighted by Crippen LogP contribution is 2.29. The van der Waals surface area contributed by atoms with Crippen molar-refractivity contribution in [1.29, 1.82) is 0 Å². The zero-order chi connectivity index (χ0) is 25.4. The number of carbonyl (C=O) groups is 1. The number of nitrogen functional groups attached to an aromatic ring is 1. The number of rotatable bonds is 3. The number of benzene rings is 1. The molecule has 0 spiro atoms. The van der Waals surface area contributed by atoms with E-state index in [0.29, 0.717) is 60.2 Å². The van der Waals surface area contributed by atoms with Crippen LogP contribution in [0.15, 0.2) is 54.7 Å². The standard InChI is InChI=1S/C26H28FN7O2/c1-26(2,3)36-25(35)32-13-15-33(16-14-32)34-23(19-5-4-12-29-22(19)28)31-21-11-10-20(30-24(21)34)17-6-8-18(27)9-7-17/h4-12H,13-16H2,1-3H3,(H2,28,29). The zero-order valence-corrected chi connectivity index (χ0v) is 20.5. The van der Waals surface area contributed by atoms with Gasteiger partial charge in [0.15, 0.2) is 11.5 Å². The second-order valence-corrected chi connectivity index (χ2v) is 9.65. The number of nitrogens with zero attached hydrogens (tertiary/aromatic N) is 6. The Morgan fingerprint density at radius 2 is 1.72 bits per heavy atom. The SMILES string of the molecule is CC(C)(C)OC(=O)N1CCN(n2c(-c3cccnc3N)nc3ccc(-c4ccc(F)cc4)nc32)CC1. The molecule has 1 saturated heterocycles. The number of amides is 1. The Kier molecular flexibility index (Phi) is 5.95. The van der Waals surface area contributed by atoms with Gasteiger partial charge >= 0.3 is 6.09 Å². The Morgan fingerprint density at radius 3 is 2.39 bits per heavy atom. The average molecular weight is 490 g/mol. The van der Waals surface area contributed by atoms with Gasteiger partial charge in [0.2, 0.25) is 0 Å². The van der Waals surface area contributed by atoms with Gasteiger partial charge in [0.1, 0.15) is 22.8 Å². The molecule has 0 aliphatic carbocycles. The lowest BCUT2D eigenvalue weighted by Crippen LogP contribution is -2.53. The quantitative estimate of drug-likeness (QED) is 0.463. The van der Waals surface area contributed by atoms with Crippen LogP contribution in [0.1, 0.15) is 20.8 Å². The molecule has 36 heavy (non-hydrogen) atoms. The minimum absolute atomic E-state index is 0.304. The number of hydrogen-bond donors (Lipinski definition) is 1. The summed E-state index contributed by atoms with van der Waals surface area (Å²) in [6.45, 7) is 7.61. The van der Waals surface area contributed by atoms with Gasteiger partial charge in [0.05, 0.1) is 24.3 Å². The van der Waals surface area contributed by atoms with E-state index in [0.717, 1.165) is 5.56 Å². The van der Waals surface area contributed by atoms with E-state index >= 15 is 0 Å². The van der Waals surface area contributed by atoms with Crippen molar-refractivity contribution in [2.45, 2.75) is 26.4 Å². The predicted molar refractivity (Wildman–Crippen MR) is 136 cm³/mol. The normalized spacial score (nSPS) is 14.3. The molecule has 0 saturated carbocycles. The van der Waals surface area contributed by atoms with Gasteiger partial charge in [0, 0.05) is 24.8 Å². The molecule has 10 heteroatoms. The topological polar surface area (TPSA) is 102 Å². The number of pyridine rings is 2. The Labute approximate surface area is 208 Å². The zero-order valence-electron chi connectivity index (χ0n) is 20.5. The van der Waals surface area contributed by atoms with Gasteiger partial charge in [-0.1, -0.05) is 0 Å². The van der Waals surface area contributed by atoms with Crippen molar-refractivity contribution < 1.29 is 13.9 Å². The highest BCUT2D eigenvalue weighted by molar-refractivity contribution is 5.83. The monoisotopic (exact) mass is 489 g/mol. The highest BCUT2D eigenvalue weighted by atomic mass is 19.1. The highest BCUT2D eigenvalue weighted by Gasteiger charge is 2.29. The summed E-state index contributed by atoms with van der Waals surface area (Å²) in [6.07, 6.45) is 1.31. The molecule has 1 aliphatic rings. The Hall–Kier alpha value is -4.21. The second-order valence-electron chi connectivity index (χ2n) is 9.65. The lowest BCUT2D eigenvalue weighted by molar-refractivity contribution is 0.0233. The first-order valence-corrected chi connectivity index (χ1v) is 11.8. The molecule has 1 fully saturated rings. The largest absolute Gasteiger partial charge is 0.444 e. The summed E-state index contributed by atoms with van der Waals surface area (Å²) in [5.41, 5.74) is 9.17. The smallest absolute Gasteiger partial charge is 0.410 e. The molecule has 4 aromatic rings. The molecule has 1 aromatic carbocycles. The number of anilines is 1. The molecule has 0 bridgehead atoms. The van der Waals surface area contributed by atoms with Crippen LogP contribution in [-0.2, 0) is 4.74 Å².